The summed E-state index contributed by atoms with van der Waals surface area (Å²) in [5, 5.41) is 22.6. The van der Waals surface area contributed by atoms with E-state index in [1.807, 2.05) is 6.92 Å². The molecule has 12 heteroatoms. The monoisotopic (exact) mass is 584 g/mol. The third kappa shape index (κ3) is 7.72. The average molecular weight is 585 g/mol. The van der Waals surface area contributed by atoms with Gasteiger partial charge < -0.3 is 40.1 Å². The van der Waals surface area contributed by atoms with E-state index in [9.17, 15) is 19.5 Å². The van der Waals surface area contributed by atoms with Gasteiger partial charge in [0.2, 0.25) is 5.91 Å². The molecule has 1 aromatic carbocycles. The Bertz CT molecular complexity index is 1240. The van der Waals surface area contributed by atoms with Gasteiger partial charge in [0.1, 0.15) is 23.2 Å². The van der Waals surface area contributed by atoms with E-state index >= 15 is 0 Å². The Labute approximate surface area is 247 Å². The smallest absolute Gasteiger partial charge is 0.321 e. The number of amides is 5. The molecule has 1 saturated carbocycles. The number of nitrogens with one attached hydrogen (secondary N) is 3. The molecule has 2 heterocycles. The number of fused-ring (bicyclic) bond motifs is 1. The first-order valence-electron chi connectivity index (χ1n) is 14.8. The molecule has 4 rings (SSSR count). The molecule has 0 spiro atoms. The minimum atomic E-state index is -0.475. The zero-order chi connectivity index (χ0) is 30.4. The van der Waals surface area contributed by atoms with E-state index in [1.165, 1.54) is 11.3 Å². The summed E-state index contributed by atoms with van der Waals surface area (Å²) in [7, 11) is 1.67. The molecule has 1 aromatic heterocycles. The molecule has 42 heavy (non-hydrogen) atoms. The van der Waals surface area contributed by atoms with Crippen molar-refractivity contribution < 1.29 is 28.8 Å². The fourth-order valence-corrected chi connectivity index (χ4v) is 5.54. The molecule has 0 saturated heterocycles. The van der Waals surface area contributed by atoms with Crippen LogP contribution in [-0.2, 0) is 11.2 Å². The zero-order valence-electron chi connectivity index (χ0n) is 25.2. The van der Waals surface area contributed by atoms with Crippen molar-refractivity contribution in [2.45, 2.75) is 84.4 Å². The molecule has 1 aliphatic carbocycles. The van der Waals surface area contributed by atoms with Gasteiger partial charge in [0.15, 0.2) is 5.76 Å². The minimum Gasteiger partial charge on any atom is -0.488 e. The van der Waals surface area contributed by atoms with E-state index in [-0.39, 0.29) is 49.5 Å². The van der Waals surface area contributed by atoms with E-state index in [0.717, 1.165) is 25.7 Å². The maximum Gasteiger partial charge on any atom is 0.321 e. The van der Waals surface area contributed by atoms with Gasteiger partial charge in [-0.25, -0.2) is 9.59 Å². The normalized spacial score (nSPS) is 20.3. The Morgan fingerprint density at radius 3 is 2.60 bits per heavy atom. The topological polar surface area (TPSA) is 149 Å². The number of aryl methyl sites for hydroxylation is 2. The standard InChI is InChI=1S/C30H44N6O6/c1-18-15-36(19(2)17-37)27(38)14-22-13-24(32-29(39)31-23-9-7-6-8-10-23)11-12-25(22)41-26(18)16-35(5)30(40)33-28-20(3)34-42-21(28)4/h11-13,18-19,23,26,37H,6-10,14-17H2,1-5H3,(H,33,40)(H2,31,32,39)/t18-,19-,26+/m1/s1. The Kier molecular flexibility index (Phi) is 10.3. The van der Waals surface area contributed by atoms with Crippen molar-refractivity contribution in [3.05, 3.63) is 35.2 Å². The van der Waals surface area contributed by atoms with Gasteiger partial charge in [-0.05, 0) is 51.8 Å². The van der Waals surface area contributed by atoms with Crippen molar-refractivity contribution in [2.24, 2.45) is 5.92 Å². The Morgan fingerprint density at radius 2 is 1.93 bits per heavy atom. The van der Waals surface area contributed by atoms with Gasteiger partial charge in [-0.2, -0.15) is 0 Å². The summed E-state index contributed by atoms with van der Waals surface area (Å²) in [5.74, 6) is 0.695. The zero-order valence-corrected chi connectivity index (χ0v) is 25.2. The number of carbonyl (C=O) groups is 3. The maximum atomic E-state index is 13.5. The maximum absolute atomic E-state index is 13.5. The van der Waals surface area contributed by atoms with Crippen molar-refractivity contribution >= 4 is 29.3 Å². The van der Waals surface area contributed by atoms with Crippen molar-refractivity contribution in [2.75, 3.05) is 37.4 Å². The fourth-order valence-electron chi connectivity index (χ4n) is 5.54. The van der Waals surface area contributed by atoms with Crippen LogP contribution in [0.3, 0.4) is 0 Å². The number of aromatic nitrogens is 1. The number of hydrogen-bond donors (Lipinski definition) is 4. The molecule has 0 bridgehead atoms. The van der Waals surface area contributed by atoms with Crippen LogP contribution in [0.1, 0.15) is 63.0 Å². The molecule has 5 amide bonds. The fraction of sp³-hybridized carbons (Fsp3) is 0.600. The molecular weight excluding hydrogens is 540 g/mol. The molecule has 12 nitrogen and oxygen atoms in total. The summed E-state index contributed by atoms with van der Waals surface area (Å²) in [6.45, 7) is 7.64. The van der Waals surface area contributed by atoms with Gasteiger partial charge in [-0.15, -0.1) is 0 Å². The molecule has 0 unspecified atom stereocenters. The number of nitrogens with zero attached hydrogens (tertiary/aromatic N) is 3. The lowest BCUT2D eigenvalue weighted by Crippen LogP contribution is -2.48. The predicted octanol–water partition coefficient (Wildman–Crippen LogP) is 4.06. The van der Waals surface area contributed by atoms with E-state index in [1.54, 1.807) is 50.9 Å². The van der Waals surface area contributed by atoms with Crippen LogP contribution in [0.5, 0.6) is 5.75 Å². The third-order valence-electron chi connectivity index (χ3n) is 8.18. The van der Waals surface area contributed by atoms with Gasteiger partial charge in [0.05, 0.1) is 25.6 Å². The lowest BCUT2D eigenvalue weighted by molar-refractivity contribution is -0.134. The Hall–Kier alpha value is -3.80. The highest BCUT2D eigenvalue weighted by Gasteiger charge is 2.32. The Balaban J connectivity index is 1.54. The third-order valence-corrected chi connectivity index (χ3v) is 8.18. The quantitative estimate of drug-likeness (QED) is 0.383. The predicted molar refractivity (Wildman–Crippen MR) is 159 cm³/mol. The van der Waals surface area contributed by atoms with Gasteiger partial charge in [0.25, 0.3) is 0 Å². The lowest BCUT2D eigenvalue weighted by atomic mass is 9.96. The van der Waals surface area contributed by atoms with E-state index in [4.69, 9.17) is 9.26 Å². The number of carbonyl (C=O) groups excluding carboxylic acids is 3. The number of aliphatic hydroxyl groups is 1. The molecule has 3 atom stereocenters. The van der Waals surface area contributed by atoms with Crippen LogP contribution in [0, 0.1) is 19.8 Å². The first-order chi connectivity index (χ1) is 20.0. The summed E-state index contributed by atoms with van der Waals surface area (Å²) < 4.78 is 11.7. The van der Waals surface area contributed by atoms with Crippen molar-refractivity contribution in [3.8, 4) is 5.75 Å². The molecule has 0 radical (unpaired) electrons. The van der Waals surface area contributed by atoms with Crippen LogP contribution in [0.2, 0.25) is 0 Å². The first-order valence-corrected chi connectivity index (χ1v) is 14.8. The summed E-state index contributed by atoms with van der Waals surface area (Å²) >= 11 is 0. The number of hydrogen-bond acceptors (Lipinski definition) is 7. The average Bonchev–Trinajstić information content (AvgIpc) is 3.29. The summed E-state index contributed by atoms with van der Waals surface area (Å²) in [6.07, 6.45) is 4.95. The largest absolute Gasteiger partial charge is 0.488 e. The van der Waals surface area contributed by atoms with Crippen molar-refractivity contribution in [1.82, 2.24) is 20.3 Å². The molecule has 2 aromatic rings. The summed E-state index contributed by atoms with van der Waals surface area (Å²) in [6, 6.07) is 4.42. The summed E-state index contributed by atoms with van der Waals surface area (Å²) in [4.78, 5) is 42.4. The Morgan fingerprint density at radius 1 is 1.19 bits per heavy atom. The molecule has 1 aliphatic heterocycles. The number of urea groups is 2. The first kappa shape index (κ1) is 31.1. The number of aliphatic hydroxyl groups excluding tert-OH is 1. The lowest BCUT2D eigenvalue weighted by Gasteiger charge is -2.34. The highest BCUT2D eigenvalue weighted by Crippen LogP contribution is 2.29. The van der Waals surface area contributed by atoms with Crippen LogP contribution in [0.15, 0.2) is 22.7 Å². The van der Waals surface area contributed by atoms with E-state index in [2.05, 4.69) is 21.1 Å². The molecule has 2 aliphatic rings. The highest BCUT2D eigenvalue weighted by molar-refractivity contribution is 5.91. The SMILES string of the molecule is Cc1noc(C)c1NC(=O)N(C)C[C@@H]1Oc2ccc(NC(=O)NC3CCCCC3)cc2CC(=O)N([C@H](C)CO)C[C@H]1C. The van der Waals surface area contributed by atoms with Crippen molar-refractivity contribution in [3.63, 3.8) is 0 Å². The minimum absolute atomic E-state index is 0.0429. The van der Waals surface area contributed by atoms with Crippen LogP contribution in [0.4, 0.5) is 21.0 Å². The highest BCUT2D eigenvalue weighted by atomic mass is 16.5. The second kappa shape index (κ2) is 13.9. The van der Waals surface area contributed by atoms with Crippen LogP contribution in [-0.4, -0.2) is 83.0 Å². The van der Waals surface area contributed by atoms with E-state index in [0.29, 0.717) is 40.7 Å². The van der Waals surface area contributed by atoms with Gasteiger partial charge in [0, 0.05) is 36.8 Å². The van der Waals surface area contributed by atoms with Crippen LogP contribution < -0.4 is 20.7 Å². The number of likely N-dealkylation sites (N-methyl/N-ethyl adjacent to an activating group) is 1. The molecule has 1 fully saturated rings. The molecule has 4 N–H and O–H groups in total. The van der Waals surface area contributed by atoms with Crippen LogP contribution in [0.25, 0.3) is 0 Å². The van der Waals surface area contributed by atoms with Gasteiger partial charge in [-0.1, -0.05) is 31.3 Å². The summed E-state index contributed by atoms with van der Waals surface area (Å²) in [5.41, 5.74) is 2.29. The molecular formula is C30H44N6O6. The van der Waals surface area contributed by atoms with Crippen molar-refractivity contribution in [1.29, 1.82) is 0 Å². The number of rotatable bonds is 7. The number of benzene rings is 1. The van der Waals surface area contributed by atoms with E-state index < -0.39 is 12.1 Å². The van der Waals surface area contributed by atoms with Gasteiger partial charge >= 0.3 is 12.1 Å². The van der Waals surface area contributed by atoms with Gasteiger partial charge in [-0.3, -0.25) is 4.79 Å². The van der Waals surface area contributed by atoms with Crippen LogP contribution >= 0.6 is 0 Å². The second-order valence-corrected chi connectivity index (χ2v) is 11.7. The number of ether oxygens (including phenoxy) is 1. The number of anilines is 2. The molecule has 230 valence electrons. The second-order valence-electron chi connectivity index (χ2n) is 11.7.